The lowest BCUT2D eigenvalue weighted by Crippen LogP contribution is -2.40. The Kier molecular flexibility index (Phi) is 7.06. The summed E-state index contributed by atoms with van der Waals surface area (Å²) in [5.41, 5.74) is -0.282. The number of piperidine rings is 1. The molecule has 1 heterocycles. The Morgan fingerprint density at radius 1 is 1.23 bits per heavy atom. The maximum absolute atomic E-state index is 13.1. The number of hydrogen-bond donors (Lipinski definition) is 0. The van der Waals surface area contributed by atoms with Crippen molar-refractivity contribution in [2.75, 3.05) is 20.2 Å². The highest BCUT2D eigenvalue weighted by Crippen LogP contribution is 2.33. The largest absolute Gasteiger partial charge is 0.469 e. The summed E-state index contributed by atoms with van der Waals surface area (Å²) in [5.74, 6) is -0.349. The van der Waals surface area contributed by atoms with Crippen molar-refractivity contribution in [2.45, 2.75) is 44.7 Å². The molecule has 0 bridgehead atoms. The number of carbonyl (C=O) groups is 2. The van der Waals surface area contributed by atoms with Gasteiger partial charge in [-0.15, -0.1) is 0 Å². The molecule has 1 atom stereocenters. The fraction of sp³-hybridized carbons (Fsp3) is 0.579. The second-order valence-corrected chi connectivity index (χ2v) is 6.62. The Labute approximate surface area is 151 Å². The van der Waals surface area contributed by atoms with Crippen LogP contribution in [0.4, 0.5) is 13.2 Å². The van der Waals surface area contributed by atoms with Crippen LogP contribution < -0.4 is 0 Å². The van der Waals surface area contributed by atoms with Crippen molar-refractivity contribution in [2.24, 2.45) is 5.92 Å². The second-order valence-electron chi connectivity index (χ2n) is 6.62. The van der Waals surface area contributed by atoms with Crippen LogP contribution >= 0.6 is 0 Å². The van der Waals surface area contributed by atoms with E-state index < -0.39 is 17.7 Å². The first-order chi connectivity index (χ1) is 12.3. The number of esters is 1. The van der Waals surface area contributed by atoms with Crippen molar-refractivity contribution < 1.29 is 27.5 Å². The number of nitrogens with zero attached hydrogens (tertiary/aromatic N) is 1. The Bertz CT molecular complexity index is 631. The standard InChI is InChI=1S/C19H24F3NO3/c1-26-18(25)11-10-17(24)23-12-4-5-14(13-23)8-9-15-6-2-3-7-16(15)19(20,21)22/h2-3,6-7,14H,4-5,8-13H2,1H3. The molecule has 1 aliphatic heterocycles. The summed E-state index contributed by atoms with van der Waals surface area (Å²) in [5, 5.41) is 0. The number of alkyl halides is 3. The molecular formula is C19H24F3NO3. The van der Waals surface area contributed by atoms with Crippen LogP contribution in [0, 0.1) is 5.92 Å². The van der Waals surface area contributed by atoms with E-state index in [1.807, 2.05) is 0 Å². The molecular weight excluding hydrogens is 347 g/mol. The molecule has 0 radical (unpaired) electrons. The number of rotatable bonds is 6. The van der Waals surface area contributed by atoms with Gasteiger partial charge in [-0.05, 0) is 43.2 Å². The molecule has 1 fully saturated rings. The van der Waals surface area contributed by atoms with Crippen molar-refractivity contribution in [3.05, 3.63) is 35.4 Å². The van der Waals surface area contributed by atoms with Crippen LogP contribution in [0.3, 0.4) is 0 Å². The number of halogens is 3. The van der Waals surface area contributed by atoms with Crippen molar-refractivity contribution in [1.82, 2.24) is 4.90 Å². The molecule has 0 aliphatic carbocycles. The number of amides is 1. The third-order valence-corrected chi connectivity index (χ3v) is 4.79. The number of methoxy groups -OCH3 is 1. The number of hydrogen-bond acceptors (Lipinski definition) is 3. The molecule has 26 heavy (non-hydrogen) atoms. The average Bonchev–Trinajstić information content (AvgIpc) is 2.63. The van der Waals surface area contributed by atoms with Crippen LogP contribution in [0.1, 0.15) is 43.2 Å². The molecule has 0 aromatic heterocycles. The predicted octanol–water partition coefficient (Wildman–Crippen LogP) is 3.83. The molecule has 0 saturated carbocycles. The number of likely N-dealkylation sites (tertiary alicyclic amines) is 1. The third-order valence-electron chi connectivity index (χ3n) is 4.79. The Hall–Kier alpha value is -2.05. The van der Waals surface area contributed by atoms with E-state index in [9.17, 15) is 22.8 Å². The molecule has 144 valence electrons. The smallest absolute Gasteiger partial charge is 0.416 e. The summed E-state index contributed by atoms with van der Waals surface area (Å²) in [6.07, 6.45) is -1.52. The fourth-order valence-corrected chi connectivity index (χ4v) is 3.37. The monoisotopic (exact) mass is 371 g/mol. The molecule has 4 nitrogen and oxygen atoms in total. The SMILES string of the molecule is COC(=O)CCC(=O)N1CCCC(CCc2ccccc2C(F)(F)F)C1. The highest BCUT2D eigenvalue weighted by molar-refractivity contribution is 5.81. The van der Waals surface area contributed by atoms with Crippen LogP contribution in [0.25, 0.3) is 0 Å². The zero-order valence-electron chi connectivity index (χ0n) is 14.8. The lowest BCUT2D eigenvalue weighted by Gasteiger charge is -2.33. The average molecular weight is 371 g/mol. The quantitative estimate of drug-likeness (QED) is 0.714. The van der Waals surface area contributed by atoms with Crippen molar-refractivity contribution in [3.8, 4) is 0 Å². The van der Waals surface area contributed by atoms with Gasteiger partial charge in [0, 0.05) is 19.5 Å². The topological polar surface area (TPSA) is 46.6 Å². The van der Waals surface area contributed by atoms with Gasteiger partial charge in [0.25, 0.3) is 0 Å². The molecule has 7 heteroatoms. The van der Waals surface area contributed by atoms with E-state index >= 15 is 0 Å². The van der Waals surface area contributed by atoms with Crippen molar-refractivity contribution >= 4 is 11.9 Å². The van der Waals surface area contributed by atoms with Crippen LogP contribution in [-0.4, -0.2) is 37.0 Å². The van der Waals surface area contributed by atoms with E-state index in [1.165, 1.54) is 19.2 Å². The van der Waals surface area contributed by atoms with Gasteiger partial charge in [0.2, 0.25) is 5.91 Å². The Morgan fingerprint density at radius 3 is 2.65 bits per heavy atom. The molecule has 1 aliphatic rings. The summed E-state index contributed by atoms with van der Waals surface area (Å²) in [7, 11) is 1.28. The first-order valence-corrected chi connectivity index (χ1v) is 8.81. The summed E-state index contributed by atoms with van der Waals surface area (Å²) in [4.78, 5) is 25.1. The zero-order valence-corrected chi connectivity index (χ0v) is 14.8. The second kappa shape index (κ2) is 9.05. The summed E-state index contributed by atoms with van der Waals surface area (Å²) in [6.45, 7) is 1.17. The molecule has 1 aromatic carbocycles. The summed E-state index contributed by atoms with van der Waals surface area (Å²) in [6, 6.07) is 5.65. The molecule has 1 unspecified atom stereocenters. The van der Waals surface area contributed by atoms with Crippen molar-refractivity contribution in [1.29, 1.82) is 0 Å². The zero-order chi connectivity index (χ0) is 19.2. The van der Waals surface area contributed by atoms with E-state index in [1.54, 1.807) is 11.0 Å². The minimum Gasteiger partial charge on any atom is -0.469 e. The Morgan fingerprint density at radius 2 is 1.96 bits per heavy atom. The lowest BCUT2D eigenvalue weighted by atomic mass is 9.90. The van der Waals surface area contributed by atoms with E-state index in [-0.39, 0.29) is 24.7 Å². The number of ether oxygens (including phenoxy) is 1. The van der Waals surface area contributed by atoms with Crippen LogP contribution in [0.5, 0.6) is 0 Å². The van der Waals surface area contributed by atoms with Crippen LogP contribution in [0.2, 0.25) is 0 Å². The molecule has 0 spiro atoms. The maximum atomic E-state index is 13.1. The fourth-order valence-electron chi connectivity index (χ4n) is 3.37. The molecule has 1 amide bonds. The van der Waals surface area contributed by atoms with Gasteiger partial charge >= 0.3 is 12.1 Å². The molecule has 2 rings (SSSR count). The first-order valence-electron chi connectivity index (χ1n) is 8.81. The minimum atomic E-state index is -4.35. The Balaban J connectivity index is 1.89. The number of benzene rings is 1. The van der Waals surface area contributed by atoms with Gasteiger partial charge in [-0.25, -0.2) is 0 Å². The summed E-state index contributed by atoms with van der Waals surface area (Å²) >= 11 is 0. The van der Waals surface area contributed by atoms with Gasteiger partial charge in [-0.1, -0.05) is 18.2 Å². The minimum absolute atomic E-state index is 0.0510. The van der Waals surface area contributed by atoms with E-state index in [0.717, 1.165) is 18.9 Å². The van der Waals surface area contributed by atoms with E-state index in [2.05, 4.69) is 4.74 Å². The van der Waals surface area contributed by atoms with E-state index in [0.29, 0.717) is 31.5 Å². The van der Waals surface area contributed by atoms with Gasteiger partial charge in [0.1, 0.15) is 0 Å². The van der Waals surface area contributed by atoms with Gasteiger partial charge < -0.3 is 9.64 Å². The predicted molar refractivity (Wildman–Crippen MR) is 90.3 cm³/mol. The summed E-state index contributed by atoms with van der Waals surface area (Å²) < 4.78 is 43.7. The van der Waals surface area contributed by atoms with Crippen molar-refractivity contribution in [3.63, 3.8) is 0 Å². The van der Waals surface area contributed by atoms with Gasteiger partial charge in [0.05, 0.1) is 19.1 Å². The van der Waals surface area contributed by atoms with Crippen LogP contribution in [0.15, 0.2) is 24.3 Å². The highest BCUT2D eigenvalue weighted by atomic mass is 19.4. The molecule has 0 N–H and O–H groups in total. The van der Waals surface area contributed by atoms with Gasteiger partial charge in [-0.2, -0.15) is 13.2 Å². The number of aryl methyl sites for hydroxylation is 1. The number of carbonyl (C=O) groups excluding carboxylic acids is 2. The van der Waals surface area contributed by atoms with E-state index in [4.69, 9.17) is 0 Å². The van der Waals surface area contributed by atoms with Crippen LogP contribution in [-0.2, 0) is 26.9 Å². The third kappa shape index (κ3) is 5.75. The van der Waals surface area contributed by atoms with Gasteiger partial charge in [-0.3, -0.25) is 9.59 Å². The maximum Gasteiger partial charge on any atom is 0.416 e. The highest BCUT2D eigenvalue weighted by Gasteiger charge is 2.33. The molecule has 1 saturated heterocycles. The molecule has 1 aromatic rings. The van der Waals surface area contributed by atoms with Gasteiger partial charge in [0.15, 0.2) is 0 Å². The lowest BCUT2D eigenvalue weighted by molar-refractivity contribution is -0.144. The first kappa shape index (κ1) is 20.3. The normalized spacial score (nSPS) is 17.8.